The standard InChI is InChI=1S/C28H32O5Si/c1-28(2,3)34(23-11-7-5-8-12-23,24-13-9-6-10-14-24)33-25-20-32-27(29)26(25)31-19-21-15-17-22(30-4)18-16-21/h5-18,25-26H,19-20H2,1-4H3/t25-,26-/m1/s1. The van der Waals surface area contributed by atoms with Crippen molar-refractivity contribution in [1.29, 1.82) is 0 Å². The zero-order valence-corrected chi connectivity index (χ0v) is 21.2. The molecule has 0 saturated carbocycles. The van der Waals surface area contributed by atoms with Gasteiger partial charge in [0.05, 0.1) is 13.7 Å². The van der Waals surface area contributed by atoms with Crippen LogP contribution in [0, 0.1) is 0 Å². The van der Waals surface area contributed by atoms with Crippen LogP contribution in [-0.4, -0.2) is 40.2 Å². The minimum absolute atomic E-state index is 0.177. The maximum atomic E-state index is 12.7. The number of rotatable bonds is 8. The number of carbonyl (C=O) groups excluding carboxylic acids is 1. The summed E-state index contributed by atoms with van der Waals surface area (Å²) in [7, 11) is -1.20. The summed E-state index contributed by atoms with van der Waals surface area (Å²) in [5.74, 6) is 0.397. The molecule has 1 saturated heterocycles. The fourth-order valence-electron chi connectivity index (χ4n) is 4.58. The van der Waals surface area contributed by atoms with E-state index in [9.17, 15) is 4.79 Å². The van der Waals surface area contributed by atoms with Gasteiger partial charge in [-0.1, -0.05) is 93.6 Å². The normalized spacial score (nSPS) is 18.5. The first kappa shape index (κ1) is 24.2. The Kier molecular flexibility index (Phi) is 7.21. The average molecular weight is 477 g/mol. The van der Waals surface area contributed by atoms with Crippen LogP contribution < -0.4 is 15.1 Å². The highest BCUT2D eigenvalue weighted by Gasteiger charge is 2.54. The Balaban J connectivity index is 1.66. The van der Waals surface area contributed by atoms with Gasteiger partial charge in [-0.15, -0.1) is 0 Å². The fraction of sp³-hybridized carbons (Fsp3) is 0.321. The summed E-state index contributed by atoms with van der Waals surface area (Å²) in [6.45, 7) is 7.10. The van der Waals surface area contributed by atoms with Gasteiger partial charge in [-0.3, -0.25) is 0 Å². The van der Waals surface area contributed by atoms with E-state index >= 15 is 0 Å². The summed E-state index contributed by atoms with van der Waals surface area (Å²) in [6, 6.07) is 28.4. The Morgan fingerprint density at radius 3 is 1.94 bits per heavy atom. The van der Waals surface area contributed by atoms with Crippen LogP contribution in [0.25, 0.3) is 0 Å². The maximum absolute atomic E-state index is 12.7. The quantitative estimate of drug-likeness (QED) is 0.362. The first-order valence-corrected chi connectivity index (χ1v) is 13.5. The summed E-state index contributed by atoms with van der Waals surface area (Å²) in [4.78, 5) is 12.7. The maximum Gasteiger partial charge on any atom is 0.338 e. The minimum Gasteiger partial charge on any atom is -0.497 e. The molecule has 3 aromatic carbocycles. The smallest absolute Gasteiger partial charge is 0.338 e. The van der Waals surface area contributed by atoms with Crippen molar-refractivity contribution in [3.63, 3.8) is 0 Å². The van der Waals surface area contributed by atoms with Crippen molar-refractivity contribution in [1.82, 2.24) is 0 Å². The molecule has 1 aliphatic rings. The van der Waals surface area contributed by atoms with Gasteiger partial charge in [0.15, 0.2) is 6.10 Å². The molecule has 3 aromatic rings. The highest BCUT2D eigenvalue weighted by Crippen LogP contribution is 2.38. The lowest BCUT2D eigenvalue weighted by Gasteiger charge is -2.44. The van der Waals surface area contributed by atoms with Crippen molar-refractivity contribution in [2.75, 3.05) is 13.7 Å². The van der Waals surface area contributed by atoms with Crippen molar-refractivity contribution in [3.05, 3.63) is 90.5 Å². The molecule has 1 aliphatic heterocycles. The molecular weight excluding hydrogens is 444 g/mol. The predicted octanol–water partition coefficient (Wildman–Crippen LogP) is 4.08. The predicted molar refractivity (Wildman–Crippen MR) is 135 cm³/mol. The molecule has 0 aromatic heterocycles. The topological polar surface area (TPSA) is 54.0 Å². The molecule has 1 heterocycles. The van der Waals surface area contributed by atoms with E-state index in [0.717, 1.165) is 21.7 Å². The Labute approximate surface area is 202 Å². The molecular formula is C28H32O5Si. The van der Waals surface area contributed by atoms with E-state index in [1.807, 2.05) is 60.7 Å². The van der Waals surface area contributed by atoms with Crippen LogP contribution >= 0.6 is 0 Å². The van der Waals surface area contributed by atoms with E-state index in [2.05, 4.69) is 45.0 Å². The van der Waals surface area contributed by atoms with Gasteiger partial charge in [-0.2, -0.15) is 0 Å². The average Bonchev–Trinajstić information content (AvgIpc) is 3.20. The second kappa shape index (κ2) is 10.1. The van der Waals surface area contributed by atoms with E-state index < -0.39 is 20.5 Å². The van der Waals surface area contributed by atoms with Gasteiger partial charge >= 0.3 is 5.97 Å². The summed E-state index contributed by atoms with van der Waals surface area (Å²) >= 11 is 0. The second-order valence-corrected chi connectivity index (χ2v) is 13.8. The van der Waals surface area contributed by atoms with Crippen molar-refractivity contribution < 1.29 is 23.4 Å². The molecule has 0 amide bonds. The number of hydrogen-bond acceptors (Lipinski definition) is 5. The van der Waals surface area contributed by atoms with Crippen LogP contribution in [0.15, 0.2) is 84.9 Å². The number of carbonyl (C=O) groups is 1. The number of cyclic esters (lactones) is 1. The van der Waals surface area contributed by atoms with Crippen LogP contribution in [0.5, 0.6) is 5.75 Å². The molecule has 0 unspecified atom stereocenters. The summed E-state index contributed by atoms with van der Waals surface area (Å²) < 4.78 is 23.9. The number of hydrogen-bond donors (Lipinski definition) is 0. The van der Waals surface area contributed by atoms with Gasteiger partial charge in [-0.25, -0.2) is 4.79 Å². The van der Waals surface area contributed by atoms with Crippen LogP contribution in [-0.2, 0) is 25.3 Å². The van der Waals surface area contributed by atoms with Gasteiger partial charge in [0.1, 0.15) is 18.5 Å². The fourth-order valence-corrected chi connectivity index (χ4v) is 9.24. The Hall–Kier alpha value is -2.93. The van der Waals surface area contributed by atoms with Crippen molar-refractivity contribution in [2.24, 2.45) is 0 Å². The molecule has 0 N–H and O–H groups in total. The van der Waals surface area contributed by atoms with Gasteiger partial charge < -0.3 is 18.6 Å². The highest BCUT2D eigenvalue weighted by atomic mass is 28.4. The number of benzene rings is 3. The van der Waals surface area contributed by atoms with E-state index in [1.54, 1.807) is 7.11 Å². The Bertz CT molecular complexity index is 1040. The van der Waals surface area contributed by atoms with Crippen LogP contribution in [0.4, 0.5) is 0 Å². The molecule has 5 nitrogen and oxygen atoms in total. The minimum atomic E-state index is -2.84. The van der Waals surface area contributed by atoms with E-state index in [-0.39, 0.29) is 24.2 Å². The lowest BCUT2D eigenvalue weighted by atomic mass is 10.2. The van der Waals surface area contributed by atoms with Gasteiger partial charge in [0.2, 0.25) is 0 Å². The largest absolute Gasteiger partial charge is 0.497 e. The molecule has 0 radical (unpaired) electrons. The van der Waals surface area contributed by atoms with Crippen molar-refractivity contribution in [2.45, 2.75) is 44.6 Å². The third kappa shape index (κ3) is 4.80. The van der Waals surface area contributed by atoms with Crippen molar-refractivity contribution in [3.8, 4) is 5.75 Å². The molecule has 0 aliphatic carbocycles. The van der Waals surface area contributed by atoms with Crippen molar-refractivity contribution >= 4 is 24.7 Å². The molecule has 6 heteroatoms. The molecule has 1 fully saturated rings. The zero-order valence-electron chi connectivity index (χ0n) is 20.2. The molecule has 2 atom stereocenters. The van der Waals surface area contributed by atoms with Crippen LogP contribution in [0.2, 0.25) is 5.04 Å². The van der Waals surface area contributed by atoms with Crippen LogP contribution in [0.1, 0.15) is 26.3 Å². The lowest BCUT2D eigenvalue weighted by Crippen LogP contribution is -2.68. The highest BCUT2D eigenvalue weighted by molar-refractivity contribution is 6.99. The summed E-state index contributed by atoms with van der Waals surface area (Å²) in [6.07, 6.45) is -1.29. The van der Waals surface area contributed by atoms with Gasteiger partial charge in [-0.05, 0) is 33.1 Å². The van der Waals surface area contributed by atoms with Gasteiger partial charge in [0.25, 0.3) is 8.32 Å². The summed E-state index contributed by atoms with van der Waals surface area (Å²) in [5, 5.41) is 2.10. The molecule has 0 spiro atoms. The lowest BCUT2D eigenvalue weighted by molar-refractivity contribution is -0.148. The zero-order chi connectivity index (χ0) is 24.2. The number of methoxy groups -OCH3 is 1. The third-order valence-electron chi connectivity index (χ3n) is 6.29. The van der Waals surface area contributed by atoms with Crippen LogP contribution in [0.3, 0.4) is 0 Å². The molecule has 34 heavy (non-hydrogen) atoms. The first-order valence-electron chi connectivity index (χ1n) is 11.6. The van der Waals surface area contributed by atoms with E-state index in [0.29, 0.717) is 0 Å². The molecule has 178 valence electrons. The number of ether oxygens (including phenoxy) is 3. The Morgan fingerprint density at radius 2 is 1.44 bits per heavy atom. The third-order valence-corrected chi connectivity index (χ3v) is 11.4. The van der Waals surface area contributed by atoms with E-state index in [1.165, 1.54) is 0 Å². The first-order chi connectivity index (χ1) is 16.3. The monoisotopic (exact) mass is 476 g/mol. The van der Waals surface area contributed by atoms with Gasteiger partial charge in [0, 0.05) is 0 Å². The second-order valence-electron chi connectivity index (χ2n) is 9.53. The molecule has 4 rings (SSSR count). The molecule has 0 bridgehead atoms. The number of esters is 1. The Morgan fingerprint density at radius 1 is 0.882 bits per heavy atom. The SMILES string of the molecule is COc1ccc(CO[C@H]2C(=O)OC[C@H]2O[Si](c2ccccc2)(c2ccccc2)C(C)(C)C)cc1. The van der Waals surface area contributed by atoms with E-state index in [4.69, 9.17) is 18.6 Å². The summed E-state index contributed by atoms with van der Waals surface area (Å²) in [5.41, 5.74) is 0.949.